The van der Waals surface area contributed by atoms with Crippen LogP contribution in [0.4, 0.5) is 8.78 Å². The first kappa shape index (κ1) is 23.0. The van der Waals surface area contributed by atoms with Gasteiger partial charge in [0.1, 0.15) is 11.6 Å². The van der Waals surface area contributed by atoms with E-state index in [0.29, 0.717) is 40.0 Å². The number of piperidine rings is 1. The lowest BCUT2D eigenvalue weighted by Crippen LogP contribution is -2.47. The fourth-order valence-corrected chi connectivity index (χ4v) is 5.85. The summed E-state index contributed by atoms with van der Waals surface area (Å²) in [6.07, 6.45) is 4.89. The maximum atomic E-state index is 14.7. The van der Waals surface area contributed by atoms with Crippen LogP contribution in [0.25, 0.3) is 22.0 Å². The van der Waals surface area contributed by atoms with Gasteiger partial charge in [0.2, 0.25) is 0 Å². The lowest BCUT2D eigenvalue weighted by atomic mass is 9.81. The van der Waals surface area contributed by atoms with Crippen LogP contribution >= 0.6 is 0 Å². The highest BCUT2D eigenvalue weighted by Gasteiger charge is 2.30. The summed E-state index contributed by atoms with van der Waals surface area (Å²) in [6, 6.07) is 7.96. The molecule has 1 aromatic heterocycles. The number of halogens is 2. The normalized spacial score (nSPS) is 20.4. The number of primary amides is 1. The molecular weight excluding hydrogens is 434 g/mol. The molecule has 180 valence electrons. The van der Waals surface area contributed by atoms with E-state index < -0.39 is 17.5 Å². The van der Waals surface area contributed by atoms with Crippen molar-refractivity contribution in [1.82, 2.24) is 15.2 Å². The summed E-state index contributed by atoms with van der Waals surface area (Å²) in [5, 5.41) is 4.55. The molecule has 2 heterocycles. The summed E-state index contributed by atoms with van der Waals surface area (Å²) in [6.45, 7) is 4.49. The van der Waals surface area contributed by atoms with Crippen LogP contribution in [0.2, 0.25) is 0 Å². The van der Waals surface area contributed by atoms with Crippen molar-refractivity contribution in [3.8, 4) is 11.1 Å². The van der Waals surface area contributed by atoms with E-state index in [9.17, 15) is 13.6 Å². The van der Waals surface area contributed by atoms with Gasteiger partial charge in [-0.05, 0) is 94.4 Å². The number of likely N-dealkylation sites (tertiary alicyclic amines) is 1. The minimum absolute atomic E-state index is 0.0651. The van der Waals surface area contributed by atoms with E-state index >= 15 is 0 Å². The van der Waals surface area contributed by atoms with Crippen LogP contribution < -0.4 is 11.1 Å². The Balaban J connectivity index is 1.50. The van der Waals surface area contributed by atoms with Crippen LogP contribution in [0.5, 0.6) is 0 Å². The number of nitrogens with two attached hydrogens (primary N) is 1. The number of benzene rings is 2. The SMILES string of the molecule is CC(NC1CCN(C)CC1)C1CCc2c([nH]c3c(C(N)=O)ccc(-c4c(F)cccc4F)c23)C1. The summed E-state index contributed by atoms with van der Waals surface area (Å²) in [7, 11) is 2.17. The van der Waals surface area contributed by atoms with Crippen LogP contribution in [0, 0.1) is 17.6 Å². The summed E-state index contributed by atoms with van der Waals surface area (Å²) in [4.78, 5) is 18.0. The molecule has 2 atom stereocenters. The fourth-order valence-electron chi connectivity index (χ4n) is 5.85. The number of nitrogens with one attached hydrogen (secondary N) is 2. The van der Waals surface area contributed by atoms with E-state index in [1.807, 2.05) is 0 Å². The number of rotatable bonds is 5. The lowest BCUT2D eigenvalue weighted by Gasteiger charge is -2.35. The highest BCUT2D eigenvalue weighted by molar-refractivity contribution is 6.10. The second-order valence-electron chi connectivity index (χ2n) is 9.99. The van der Waals surface area contributed by atoms with Crippen LogP contribution in [0.15, 0.2) is 30.3 Å². The molecule has 3 aromatic rings. The Morgan fingerprint density at radius 1 is 1.15 bits per heavy atom. The van der Waals surface area contributed by atoms with Gasteiger partial charge in [0.15, 0.2) is 0 Å². The van der Waals surface area contributed by atoms with Gasteiger partial charge in [0, 0.05) is 23.2 Å². The molecule has 1 saturated heterocycles. The fraction of sp³-hybridized carbons (Fsp3) is 0.444. The standard InChI is InChI=1S/C27H32F2N4O/c1-15(31-17-10-12-33(2)13-11-17)16-6-7-18-23(14-16)32-26-20(27(30)34)9-8-19(24(18)26)25-21(28)4-3-5-22(25)29/h3-5,8-9,15-17,31-32H,6-7,10-14H2,1-2H3,(H2,30,34). The molecule has 2 aliphatic rings. The zero-order valence-electron chi connectivity index (χ0n) is 19.8. The van der Waals surface area contributed by atoms with E-state index in [1.54, 1.807) is 12.1 Å². The summed E-state index contributed by atoms with van der Waals surface area (Å²) < 4.78 is 29.4. The highest BCUT2D eigenvalue weighted by Crippen LogP contribution is 2.41. The largest absolute Gasteiger partial charge is 0.366 e. The molecule has 4 N–H and O–H groups in total. The van der Waals surface area contributed by atoms with E-state index in [1.165, 1.54) is 18.2 Å². The Bertz CT molecular complexity index is 1210. The number of carbonyl (C=O) groups is 1. The van der Waals surface area contributed by atoms with Crippen molar-refractivity contribution in [3.05, 3.63) is 58.8 Å². The zero-order valence-corrected chi connectivity index (χ0v) is 19.8. The molecule has 5 rings (SSSR count). The van der Waals surface area contributed by atoms with Crippen LogP contribution in [0.3, 0.4) is 0 Å². The maximum absolute atomic E-state index is 14.7. The van der Waals surface area contributed by atoms with Gasteiger partial charge in [-0.2, -0.15) is 0 Å². The van der Waals surface area contributed by atoms with E-state index in [4.69, 9.17) is 5.73 Å². The number of hydrogen-bond acceptors (Lipinski definition) is 3. The first-order valence-corrected chi connectivity index (χ1v) is 12.2. The number of amides is 1. The zero-order chi connectivity index (χ0) is 24.0. The molecule has 0 radical (unpaired) electrons. The first-order valence-electron chi connectivity index (χ1n) is 12.2. The summed E-state index contributed by atoms with van der Waals surface area (Å²) in [5.74, 6) is -1.36. The van der Waals surface area contributed by atoms with Crippen molar-refractivity contribution in [3.63, 3.8) is 0 Å². The number of H-pyrrole nitrogens is 1. The number of fused-ring (bicyclic) bond motifs is 3. The Morgan fingerprint density at radius 3 is 2.53 bits per heavy atom. The van der Waals surface area contributed by atoms with Gasteiger partial charge in [-0.25, -0.2) is 8.78 Å². The number of aromatic amines is 1. The Morgan fingerprint density at radius 2 is 1.85 bits per heavy atom. The maximum Gasteiger partial charge on any atom is 0.250 e. The first-order chi connectivity index (χ1) is 16.3. The number of carbonyl (C=O) groups excluding carboxylic acids is 1. The van der Waals surface area contributed by atoms with E-state index in [0.717, 1.165) is 56.5 Å². The Kier molecular flexibility index (Phi) is 6.16. The smallest absolute Gasteiger partial charge is 0.250 e. The van der Waals surface area contributed by atoms with Gasteiger partial charge in [-0.3, -0.25) is 4.79 Å². The van der Waals surface area contributed by atoms with Crippen molar-refractivity contribution < 1.29 is 13.6 Å². The molecule has 2 unspecified atom stereocenters. The van der Waals surface area contributed by atoms with Crippen molar-refractivity contribution in [2.45, 2.75) is 51.1 Å². The minimum Gasteiger partial charge on any atom is -0.366 e. The molecule has 1 fully saturated rings. The molecule has 7 heteroatoms. The molecule has 5 nitrogen and oxygen atoms in total. The predicted molar refractivity (Wildman–Crippen MR) is 131 cm³/mol. The van der Waals surface area contributed by atoms with Crippen LogP contribution in [-0.4, -0.2) is 48.0 Å². The van der Waals surface area contributed by atoms with Crippen molar-refractivity contribution in [2.24, 2.45) is 11.7 Å². The third-order valence-corrected chi connectivity index (χ3v) is 7.80. The second-order valence-corrected chi connectivity index (χ2v) is 9.99. The second kappa shape index (κ2) is 9.12. The van der Waals surface area contributed by atoms with Gasteiger partial charge < -0.3 is 20.9 Å². The Labute approximate surface area is 198 Å². The molecule has 1 aliphatic carbocycles. The summed E-state index contributed by atoms with van der Waals surface area (Å²) in [5.41, 5.74) is 9.05. The molecule has 2 aromatic carbocycles. The number of aryl methyl sites for hydroxylation is 1. The predicted octanol–water partition coefficient (Wildman–Crippen LogP) is 4.39. The highest BCUT2D eigenvalue weighted by atomic mass is 19.1. The number of nitrogens with zero attached hydrogens (tertiary/aromatic N) is 1. The quantitative estimate of drug-likeness (QED) is 0.522. The van der Waals surface area contributed by atoms with Gasteiger partial charge in [-0.15, -0.1) is 0 Å². The molecule has 34 heavy (non-hydrogen) atoms. The Hall–Kier alpha value is -2.77. The minimum atomic E-state index is -0.618. The molecule has 0 spiro atoms. The van der Waals surface area contributed by atoms with Gasteiger partial charge in [-0.1, -0.05) is 12.1 Å². The molecular formula is C27H32F2N4O. The monoisotopic (exact) mass is 466 g/mol. The average molecular weight is 467 g/mol. The van der Waals surface area contributed by atoms with Gasteiger partial charge in [0.05, 0.1) is 16.6 Å². The molecule has 0 bridgehead atoms. The summed E-state index contributed by atoms with van der Waals surface area (Å²) >= 11 is 0. The lowest BCUT2D eigenvalue weighted by molar-refractivity contribution is 0.100. The average Bonchev–Trinajstić information content (AvgIpc) is 3.19. The molecule has 0 saturated carbocycles. The number of hydrogen-bond donors (Lipinski definition) is 3. The number of aromatic nitrogens is 1. The van der Waals surface area contributed by atoms with Crippen molar-refractivity contribution >= 4 is 16.8 Å². The third kappa shape index (κ3) is 4.12. The molecule has 1 aliphatic heterocycles. The van der Waals surface area contributed by atoms with Crippen LogP contribution in [-0.2, 0) is 12.8 Å². The van der Waals surface area contributed by atoms with Gasteiger partial charge >= 0.3 is 0 Å². The van der Waals surface area contributed by atoms with E-state index in [-0.39, 0.29) is 5.56 Å². The third-order valence-electron chi connectivity index (χ3n) is 7.80. The van der Waals surface area contributed by atoms with Gasteiger partial charge in [0.25, 0.3) is 5.91 Å². The van der Waals surface area contributed by atoms with Crippen molar-refractivity contribution in [2.75, 3.05) is 20.1 Å². The molecule has 1 amide bonds. The van der Waals surface area contributed by atoms with Crippen LogP contribution in [0.1, 0.15) is 47.8 Å². The van der Waals surface area contributed by atoms with Crippen molar-refractivity contribution in [1.29, 1.82) is 0 Å². The topological polar surface area (TPSA) is 74.2 Å². The van der Waals surface area contributed by atoms with E-state index in [2.05, 4.69) is 29.2 Å².